The Kier molecular flexibility index (Phi) is 5.55. The van der Waals surface area contributed by atoms with Crippen molar-refractivity contribution >= 4 is 56.8 Å². The highest BCUT2D eigenvalue weighted by Crippen LogP contribution is 2.27. The van der Waals surface area contributed by atoms with Gasteiger partial charge in [0.2, 0.25) is 16.9 Å². The van der Waals surface area contributed by atoms with Crippen LogP contribution in [0.4, 0.5) is 5.13 Å². The molecule has 0 unspecified atom stereocenters. The molecule has 3 aromatic heterocycles. The van der Waals surface area contributed by atoms with E-state index in [0.717, 1.165) is 5.01 Å². The molecule has 0 bridgehead atoms. The van der Waals surface area contributed by atoms with Crippen LogP contribution < -0.4 is 5.32 Å². The van der Waals surface area contributed by atoms with E-state index in [-0.39, 0.29) is 12.3 Å². The fourth-order valence-electron chi connectivity index (χ4n) is 2.27. The second kappa shape index (κ2) is 8.25. The molecule has 28 heavy (non-hydrogen) atoms. The molecule has 12 heteroatoms. The maximum atomic E-state index is 11.9. The number of anilines is 1. The van der Waals surface area contributed by atoms with Crippen molar-refractivity contribution in [2.45, 2.75) is 30.7 Å². The minimum absolute atomic E-state index is 0.185. The minimum Gasteiger partial charge on any atom is -0.431 e. The lowest BCUT2D eigenvalue weighted by atomic mass is 10.3. The first-order valence-corrected chi connectivity index (χ1v) is 10.3. The molecule has 0 aliphatic rings. The van der Waals surface area contributed by atoms with Gasteiger partial charge in [-0.15, -0.1) is 10.2 Å². The summed E-state index contributed by atoms with van der Waals surface area (Å²) in [5, 5.41) is 16.7. The third kappa shape index (κ3) is 4.66. The standard InChI is InChI=1S/C16H13ClN6O3S2/c1-8-21-22-15(28-8)20-13(24)4-5-14-19-12(23-26-14)7-27-16-18-10-6-9(17)2-3-11(10)25-16/h2-3,6H,4-5,7H2,1H3,(H,20,22,24). The maximum absolute atomic E-state index is 11.9. The van der Waals surface area contributed by atoms with Gasteiger partial charge in [-0.25, -0.2) is 4.98 Å². The van der Waals surface area contributed by atoms with E-state index in [1.165, 1.54) is 23.1 Å². The topological polar surface area (TPSA) is 120 Å². The molecular weight excluding hydrogens is 424 g/mol. The molecule has 1 N–H and O–H groups in total. The van der Waals surface area contributed by atoms with Crippen molar-refractivity contribution < 1.29 is 13.7 Å². The van der Waals surface area contributed by atoms with Crippen molar-refractivity contribution in [1.82, 2.24) is 25.3 Å². The third-order valence-corrected chi connectivity index (χ3v) is 5.32. The second-order valence-electron chi connectivity index (χ2n) is 5.66. The fraction of sp³-hybridized carbons (Fsp3) is 0.250. The van der Waals surface area contributed by atoms with Gasteiger partial charge in [0.15, 0.2) is 11.4 Å². The van der Waals surface area contributed by atoms with Crippen LogP contribution in [0.5, 0.6) is 0 Å². The first kappa shape index (κ1) is 18.8. The van der Waals surface area contributed by atoms with Gasteiger partial charge in [-0.2, -0.15) is 4.98 Å². The van der Waals surface area contributed by atoms with Gasteiger partial charge in [-0.05, 0) is 25.1 Å². The lowest BCUT2D eigenvalue weighted by molar-refractivity contribution is -0.116. The van der Waals surface area contributed by atoms with E-state index in [0.29, 0.717) is 50.4 Å². The highest BCUT2D eigenvalue weighted by Gasteiger charge is 2.13. The molecule has 0 fully saturated rings. The molecule has 0 spiro atoms. The molecule has 3 heterocycles. The first-order chi connectivity index (χ1) is 13.5. The van der Waals surface area contributed by atoms with E-state index in [1.807, 2.05) is 6.92 Å². The van der Waals surface area contributed by atoms with E-state index in [4.69, 9.17) is 20.5 Å². The molecule has 9 nitrogen and oxygen atoms in total. The summed E-state index contributed by atoms with van der Waals surface area (Å²) >= 11 is 8.61. The number of benzene rings is 1. The van der Waals surface area contributed by atoms with E-state index < -0.39 is 0 Å². The van der Waals surface area contributed by atoms with Crippen LogP contribution in [0.3, 0.4) is 0 Å². The number of oxazole rings is 1. The summed E-state index contributed by atoms with van der Waals surface area (Å²) in [5.74, 6) is 1.14. The van der Waals surface area contributed by atoms with Crippen molar-refractivity contribution in [3.8, 4) is 0 Å². The van der Waals surface area contributed by atoms with Gasteiger partial charge >= 0.3 is 0 Å². The number of thioether (sulfide) groups is 1. The van der Waals surface area contributed by atoms with Crippen molar-refractivity contribution in [2.75, 3.05) is 5.32 Å². The Morgan fingerprint density at radius 2 is 2.21 bits per heavy atom. The molecule has 0 saturated heterocycles. The molecule has 0 atom stereocenters. The van der Waals surface area contributed by atoms with Gasteiger partial charge in [0.25, 0.3) is 5.22 Å². The minimum atomic E-state index is -0.185. The number of halogens is 1. The maximum Gasteiger partial charge on any atom is 0.257 e. The quantitative estimate of drug-likeness (QED) is 0.430. The summed E-state index contributed by atoms with van der Waals surface area (Å²) in [6.07, 6.45) is 0.544. The number of rotatable bonds is 7. The monoisotopic (exact) mass is 436 g/mol. The largest absolute Gasteiger partial charge is 0.431 e. The Balaban J connectivity index is 1.28. The normalized spacial score (nSPS) is 11.2. The van der Waals surface area contributed by atoms with Crippen molar-refractivity contribution in [2.24, 2.45) is 0 Å². The predicted octanol–water partition coefficient (Wildman–Crippen LogP) is 3.89. The molecule has 144 valence electrons. The summed E-state index contributed by atoms with van der Waals surface area (Å²) < 4.78 is 10.8. The zero-order valence-corrected chi connectivity index (χ0v) is 16.9. The van der Waals surface area contributed by atoms with Crippen LogP contribution in [0.1, 0.15) is 23.1 Å². The average molecular weight is 437 g/mol. The van der Waals surface area contributed by atoms with Gasteiger partial charge in [-0.3, -0.25) is 4.79 Å². The molecule has 1 amide bonds. The van der Waals surface area contributed by atoms with Crippen LogP contribution in [0, 0.1) is 6.92 Å². The number of aromatic nitrogens is 5. The van der Waals surface area contributed by atoms with Crippen molar-refractivity contribution in [3.05, 3.63) is 39.9 Å². The molecule has 0 aliphatic heterocycles. The Bertz CT molecular complexity index is 1120. The van der Waals surface area contributed by atoms with Crippen LogP contribution in [0.15, 0.2) is 32.4 Å². The smallest absolute Gasteiger partial charge is 0.257 e. The molecular formula is C16H13ClN6O3S2. The van der Waals surface area contributed by atoms with E-state index >= 15 is 0 Å². The Morgan fingerprint density at radius 3 is 3.04 bits per heavy atom. The summed E-state index contributed by atoms with van der Waals surface area (Å²) in [4.78, 5) is 20.6. The second-order valence-corrected chi connectivity index (χ2v) is 8.20. The van der Waals surface area contributed by atoms with E-state index in [2.05, 4.69) is 30.6 Å². The summed E-state index contributed by atoms with van der Waals surface area (Å²) in [7, 11) is 0. The van der Waals surface area contributed by atoms with Gasteiger partial charge in [0.1, 0.15) is 10.5 Å². The number of hydrogen-bond acceptors (Lipinski definition) is 10. The summed E-state index contributed by atoms with van der Waals surface area (Å²) in [5.41, 5.74) is 1.36. The molecule has 0 aliphatic carbocycles. The number of carbonyl (C=O) groups is 1. The molecule has 1 aromatic carbocycles. The Labute approximate surface area is 171 Å². The highest BCUT2D eigenvalue weighted by molar-refractivity contribution is 7.98. The van der Waals surface area contributed by atoms with Gasteiger partial charge in [0, 0.05) is 17.9 Å². The van der Waals surface area contributed by atoms with Crippen LogP contribution in [-0.4, -0.2) is 31.2 Å². The van der Waals surface area contributed by atoms with Crippen LogP contribution in [-0.2, 0) is 17.0 Å². The number of amides is 1. The molecule has 0 radical (unpaired) electrons. The van der Waals surface area contributed by atoms with Gasteiger partial charge < -0.3 is 14.3 Å². The SMILES string of the molecule is Cc1nnc(NC(=O)CCc2nc(CSc3nc4cc(Cl)ccc4o3)no2)s1. The zero-order valence-electron chi connectivity index (χ0n) is 14.5. The Morgan fingerprint density at radius 1 is 1.32 bits per heavy atom. The number of aryl methyl sites for hydroxylation is 2. The van der Waals surface area contributed by atoms with Gasteiger partial charge in [-0.1, -0.05) is 39.9 Å². The lowest BCUT2D eigenvalue weighted by Gasteiger charge is -1.97. The average Bonchev–Trinajstić information content (AvgIpc) is 3.37. The Hall–Kier alpha value is -2.50. The van der Waals surface area contributed by atoms with Crippen molar-refractivity contribution in [1.29, 1.82) is 0 Å². The first-order valence-electron chi connectivity index (χ1n) is 8.15. The van der Waals surface area contributed by atoms with E-state index in [1.54, 1.807) is 18.2 Å². The predicted molar refractivity (Wildman–Crippen MR) is 104 cm³/mol. The lowest BCUT2D eigenvalue weighted by Crippen LogP contribution is -2.12. The molecule has 0 saturated carbocycles. The zero-order chi connectivity index (χ0) is 19.5. The highest BCUT2D eigenvalue weighted by atomic mass is 35.5. The van der Waals surface area contributed by atoms with Crippen LogP contribution in [0.25, 0.3) is 11.1 Å². The molecule has 4 rings (SSSR count). The van der Waals surface area contributed by atoms with Gasteiger partial charge in [0.05, 0.1) is 5.75 Å². The van der Waals surface area contributed by atoms with E-state index in [9.17, 15) is 4.79 Å². The fourth-order valence-corrected chi connectivity index (χ4v) is 3.72. The van der Waals surface area contributed by atoms with Crippen LogP contribution >= 0.6 is 34.7 Å². The number of carbonyl (C=O) groups excluding carboxylic acids is 1. The number of nitrogens with zero attached hydrogens (tertiary/aromatic N) is 5. The van der Waals surface area contributed by atoms with Crippen molar-refractivity contribution in [3.63, 3.8) is 0 Å². The number of hydrogen-bond donors (Lipinski definition) is 1. The molecule has 4 aromatic rings. The summed E-state index contributed by atoms with van der Waals surface area (Å²) in [6.45, 7) is 1.82. The summed E-state index contributed by atoms with van der Waals surface area (Å²) in [6, 6.07) is 5.26. The third-order valence-electron chi connectivity index (χ3n) is 3.50. The van der Waals surface area contributed by atoms with Crippen LogP contribution in [0.2, 0.25) is 5.02 Å². The number of nitrogens with one attached hydrogen (secondary N) is 1. The number of fused-ring (bicyclic) bond motifs is 1.